The molecular formula is C6H11FO5. The number of aliphatic hydroxyl groups excluding tert-OH is 3. The highest BCUT2D eigenvalue weighted by molar-refractivity contribution is 4.94. The van der Waals surface area contributed by atoms with Crippen LogP contribution in [0.2, 0.25) is 0 Å². The van der Waals surface area contributed by atoms with Crippen LogP contribution < -0.4 is 0 Å². The van der Waals surface area contributed by atoms with Crippen LogP contribution in [0.25, 0.3) is 0 Å². The Kier molecular flexibility index (Phi) is 2.64. The molecule has 5 nitrogen and oxygen atoms in total. The summed E-state index contributed by atoms with van der Waals surface area (Å²) >= 11 is 0. The number of hydrogen-bond donors (Lipinski definition) is 3. The van der Waals surface area contributed by atoms with E-state index >= 15 is 0 Å². The molecule has 0 radical (unpaired) electrons. The lowest BCUT2D eigenvalue weighted by Crippen LogP contribution is -2.48. The van der Waals surface area contributed by atoms with Gasteiger partial charge < -0.3 is 24.8 Å². The average Bonchev–Trinajstić information content (AvgIpc) is 2.12. The average molecular weight is 182 g/mol. The van der Waals surface area contributed by atoms with Gasteiger partial charge in [-0.15, -0.1) is 0 Å². The second-order valence-corrected chi connectivity index (χ2v) is 2.85. The van der Waals surface area contributed by atoms with Crippen LogP contribution >= 0.6 is 0 Å². The summed E-state index contributed by atoms with van der Waals surface area (Å²) in [6.07, 6.45) is -4.23. The summed E-state index contributed by atoms with van der Waals surface area (Å²) in [6.45, 7) is 0.115. The fourth-order valence-corrected chi connectivity index (χ4v) is 1.48. The maximum absolute atomic E-state index is 9.28. The molecule has 0 aliphatic carbocycles. The molecule has 12 heavy (non-hydrogen) atoms. The smallest absolute Gasteiger partial charge is 0.184 e. The maximum atomic E-state index is 9.28. The normalized spacial score (nSPS) is 51.8. The van der Waals surface area contributed by atoms with Crippen LogP contribution in [-0.4, -0.2) is 52.6 Å². The predicted molar refractivity (Wildman–Crippen MR) is 35.1 cm³/mol. The zero-order valence-electron chi connectivity index (χ0n) is 6.16. The third kappa shape index (κ3) is 1.21. The Balaban J connectivity index is 0.000000720. The van der Waals surface area contributed by atoms with Gasteiger partial charge in [-0.2, -0.15) is 0 Å². The minimum Gasteiger partial charge on any atom is -0.388 e. The van der Waals surface area contributed by atoms with E-state index < -0.39 is 30.7 Å². The maximum Gasteiger partial charge on any atom is 0.184 e. The van der Waals surface area contributed by atoms with Crippen molar-refractivity contribution in [3.63, 3.8) is 0 Å². The molecule has 5 atom stereocenters. The Morgan fingerprint density at radius 2 is 1.75 bits per heavy atom. The number of rotatable bonds is 0. The minimum absolute atomic E-state index is 0. The van der Waals surface area contributed by atoms with Gasteiger partial charge >= 0.3 is 0 Å². The van der Waals surface area contributed by atoms with Crippen molar-refractivity contribution in [2.24, 2.45) is 0 Å². The minimum atomic E-state index is -1.10. The summed E-state index contributed by atoms with van der Waals surface area (Å²) in [5.41, 5.74) is 0. The van der Waals surface area contributed by atoms with Crippen LogP contribution in [0, 0.1) is 0 Å². The summed E-state index contributed by atoms with van der Waals surface area (Å²) in [5.74, 6) is 0. The van der Waals surface area contributed by atoms with Crippen LogP contribution in [0.3, 0.4) is 0 Å². The number of halogens is 1. The summed E-state index contributed by atoms with van der Waals surface area (Å²) in [7, 11) is 0. The largest absolute Gasteiger partial charge is 0.388 e. The second-order valence-electron chi connectivity index (χ2n) is 2.85. The first kappa shape index (κ1) is 9.82. The molecule has 2 saturated heterocycles. The van der Waals surface area contributed by atoms with Crippen molar-refractivity contribution in [2.75, 3.05) is 6.61 Å². The van der Waals surface area contributed by atoms with Crippen LogP contribution in [-0.2, 0) is 9.47 Å². The molecule has 0 amide bonds. The number of aliphatic hydroxyl groups is 3. The molecular weight excluding hydrogens is 171 g/mol. The summed E-state index contributed by atoms with van der Waals surface area (Å²) in [4.78, 5) is 0. The van der Waals surface area contributed by atoms with Gasteiger partial charge in [0.1, 0.15) is 24.4 Å². The molecule has 2 fully saturated rings. The van der Waals surface area contributed by atoms with Crippen LogP contribution in [0.4, 0.5) is 4.70 Å². The number of ether oxygens (including phenoxy) is 2. The number of hydrogen-bond acceptors (Lipinski definition) is 5. The lowest BCUT2D eigenvalue weighted by Gasteiger charge is -2.27. The molecule has 2 rings (SSSR count). The Morgan fingerprint density at radius 1 is 1.08 bits per heavy atom. The summed E-state index contributed by atoms with van der Waals surface area (Å²) in [6, 6.07) is 0. The third-order valence-corrected chi connectivity index (χ3v) is 2.09. The van der Waals surface area contributed by atoms with Crippen molar-refractivity contribution in [1.29, 1.82) is 0 Å². The quantitative estimate of drug-likeness (QED) is 0.403. The predicted octanol–water partition coefficient (Wildman–Crippen LogP) is -2.02. The van der Waals surface area contributed by atoms with Gasteiger partial charge in [0.05, 0.1) is 6.61 Å². The molecule has 2 bridgehead atoms. The highest BCUT2D eigenvalue weighted by Gasteiger charge is 2.50. The van der Waals surface area contributed by atoms with Crippen molar-refractivity contribution in [2.45, 2.75) is 30.7 Å². The van der Waals surface area contributed by atoms with Crippen molar-refractivity contribution >= 4 is 0 Å². The Labute approximate surface area is 67.9 Å². The van der Waals surface area contributed by atoms with Gasteiger partial charge in [0, 0.05) is 0 Å². The van der Waals surface area contributed by atoms with E-state index in [2.05, 4.69) is 0 Å². The Bertz CT molecular complexity index is 166. The fraction of sp³-hybridized carbons (Fsp3) is 1.00. The van der Waals surface area contributed by atoms with Gasteiger partial charge in [0.25, 0.3) is 0 Å². The fourth-order valence-electron chi connectivity index (χ4n) is 1.48. The van der Waals surface area contributed by atoms with E-state index in [1.807, 2.05) is 0 Å². The molecule has 2 aliphatic heterocycles. The second kappa shape index (κ2) is 3.23. The van der Waals surface area contributed by atoms with Gasteiger partial charge in [-0.25, -0.2) is 0 Å². The van der Waals surface area contributed by atoms with Crippen molar-refractivity contribution < 1.29 is 29.5 Å². The standard InChI is InChI=1S/C6H10O5.FH/c7-2-1-10-5-3(8)4(2)11-6(5)9;/h2-9H,1H2;1H/t2-,3+,4+,5-,6?;/m1./s1. The molecule has 0 aromatic heterocycles. The molecule has 0 saturated carbocycles. The lowest BCUT2D eigenvalue weighted by molar-refractivity contribution is -0.126. The summed E-state index contributed by atoms with van der Waals surface area (Å²) in [5, 5.41) is 27.5. The molecule has 0 aromatic carbocycles. The van der Waals surface area contributed by atoms with E-state index in [0.29, 0.717) is 0 Å². The molecule has 72 valence electrons. The van der Waals surface area contributed by atoms with E-state index in [9.17, 15) is 5.11 Å². The SMILES string of the molecule is F.OC1O[C@@H]2[C@H](O)[C@H]1OC[C@H]2O. The highest BCUT2D eigenvalue weighted by Crippen LogP contribution is 2.29. The van der Waals surface area contributed by atoms with Gasteiger partial charge in [0.15, 0.2) is 6.29 Å². The number of fused-ring (bicyclic) bond motifs is 2. The van der Waals surface area contributed by atoms with Crippen LogP contribution in [0.15, 0.2) is 0 Å². The molecule has 6 heteroatoms. The Morgan fingerprint density at radius 3 is 2.33 bits per heavy atom. The molecule has 3 N–H and O–H groups in total. The zero-order chi connectivity index (χ0) is 8.01. The van der Waals surface area contributed by atoms with E-state index in [1.54, 1.807) is 0 Å². The monoisotopic (exact) mass is 182 g/mol. The van der Waals surface area contributed by atoms with Crippen molar-refractivity contribution in [3.05, 3.63) is 0 Å². The van der Waals surface area contributed by atoms with Gasteiger partial charge in [-0.1, -0.05) is 0 Å². The zero-order valence-corrected chi connectivity index (χ0v) is 6.16. The van der Waals surface area contributed by atoms with Crippen molar-refractivity contribution in [1.82, 2.24) is 0 Å². The first-order valence-electron chi connectivity index (χ1n) is 3.51. The molecule has 0 spiro atoms. The van der Waals surface area contributed by atoms with Crippen LogP contribution in [0.5, 0.6) is 0 Å². The third-order valence-electron chi connectivity index (χ3n) is 2.09. The molecule has 0 aromatic rings. The van der Waals surface area contributed by atoms with E-state index in [4.69, 9.17) is 19.7 Å². The Hall–Kier alpha value is -0.270. The first-order chi connectivity index (χ1) is 5.20. The summed E-state index contributed by atoms with van der Waals surface area (Å²) < 4.78 is 9.77. The van der Waals surface area contributed by atoms with Gasteiger partial charge in [-0.05, 0) is 0 Å². The molecule has 2 heterocycles. The van der Waals surface area contributed by atoms with Crippen molar-refractivity contribution in [3.8, 4) is 0 Å². The first-order valence-corrected chi connectivity index (χ1v) is 3.51. The van der Waals surface area contributed by atoms with E-state index in [1.165, 1.54) is 0 Å². The van der Waals surface area contributed by atoms with E-state index in [0.717, 1.165) is 0 Å². The lowest BCUT2D eigenvalue weighted by atomic mass is 10.0. The van der Waals surface area contributed by atoms with Crippen LogP contribution in [0.1, 0.15) is 0 Å². The van der Waals surface area contributed by atoms with Gasteiger partial charge in [0.2, 0.25) is 0 Å². The van der Waals surface area contributed by atoms with Gasteiger partial charge in [-0.3, -0.25) is 4.70 Å². The topological polar surface area (TPSA) is 79.2 Å². The molecule has 1 unspecified atom stereocenters. The highest BCUT2D eigenvalue weighted by atomic mass is 19.0. The molecule has 2 aliphatic rings. The van der Waals surface area contributed by atoms with E-state index in [-0.39, 0.29) is 11.3 Å².